The third-order valence-corrected chi connectivity index (χ3v) is 3.58. The molecule has 0 amide bonds. The standard InChI is InChI=1S/C17H22N2/c1-4-13(3)14-6-8-15(9-7-14)19-17-11-12(2)5-10-16(17)18/h5-11,13,19H,4,18H2,1-3H3. The summed E-state index contributed by atoms with van der Waals surface area (Å²) in [6.45, 7) is 6.53. The zero-order chi connectivity index (χ0) is 13.8. The number of nitrogens with two attached hydrogens (primary N) is 1. The van der Waals surface area contributed by atoms with Gasteiger partial charge in [0.05, 0.1) is 11.4 Å². The molecule has 3 N–H and O–H groups in total. The van der Waals surface area contributed by atoms with Crippen LogP contribution in [0, 0.1) is 6.92 Å². The molecule has 1 unspecified atom stereocenters. The van der Waals surface area contributed by atoms with Crippen molar-refractivity contribution in [2.45, 2.75) is 33.1 Å². The van der Waals surface area contributed by atoms with Gasteiger partial charge >= 0.3 is 0 Å². The highest BCUT2D eigenvalue weighted by molar-refractivity contribution is 5.73. The molecule has 19 heavy (non-hydrogen) atoms. The number of nitrogens with one attached hydrogen (secondary N) is 1. The molecular weight excluding hydrogens is 232 g/mol. The number of hydrogen-bond donors (Lipinski definition) is 2. The molecule has 0 aliphatic rings. The van der Waals surface area contributed by atoms with Gasteiger partial charge in [-0.05, 0) is 54.7 Å². The zero-order valence-corrected chi connectivity index (χ0v) is 11.9. The normalized spacial score (nSPS) is 12.2. The molecule has 2 heteroatoms. The van der Waals surface area contributed by atoms with Gasteiger partial charge in [0.1, 0.15) is 0 Å². The van der Waals surface area contributed by atoms with Crippen LogP contribution in [0.15, 0.2) is 42.5 Å². The smallest absolute Gasteiger partial charge is 0.0620 e. The van der Waals surface area contributed by atoms with Crippen molar-refractivity contribution in [3.05, 3.63) is 53.6 Å². The molecule has 2 aromatic rings. The Kier molecular flexibility index (Phi) is 4.10. The van der Waals surface area contributed by atoms with Crippen molar-refractivity contribution in [2.75, 3.05) is 11.1 Å². The summed E-state index contributed by atoms with van der Waals surface area (Å²) in [6.07, 6.45) is 1.16. The van der Waals surface area contributed by atoms with Crippen molar-refractivity contribution >= 4 is 17.1 Å². The molecule has 0 saturated heterocycles. The van der Waals surface area contributed by atoms with Crippen molar-refractivity contribution in [2.24, 2.45) is 0 Å². The van der Waals surface area contributed by atoms with Gasteiger partial charge in [0.25, 0.3) is 0 Å². The van der Waals surface area contributed by atoms with Gasteiger partial charge in [-0.25, -0.2) is 0 Å². The van der Waals surface area contributed by atoms with E-state index in [4.69, 9.17) is 5.73 Å². The maximum atomic E-state index is 5.97. The lowest BCUT2D eigenvalue weighted by atomic mass is 9.98. The summed E-state index contributed by atoms with van der Waals surface area (Å²) in [5, 5.41) is 3.37. The Morgan fingerprint density at radius 1 is 1.11 bits per heavy atom. The van der Waals surface area contributed by atoms with Crippen molar-refractivity contribution in [3.8, 4) is 0 Å². The molecule has 2 nitrogen and oxygen atoms in total. The molecule has 0 heterocycles. The average molecular weight is 254 g/mol. The fourth-order valence-electron chi connectivity index (χ4n) is 2.06. The van der Waals surface area contributed by atoms with Crippen LogP contribution in [-0.4, -0.2) is 0 Å². The summed E-state index contributed by atoms with van der Waals surface area (Å²) < 4.78 is 0. The number of anilines is 3. The van der Waals surface area contributed by atoms with Gasteiger partial charge in [-0.1, -0.05) is 32.0 Å². The van der Waals surface area contributed by atoms with Crippen molar-refractivity contribution in [1.29, 1.82) is 0 Å². The van der Waals surface area contributed by atoms with Crippen molar-refractivity contribution in [1.82, 2.24) is 0 Å². The molecule has 0 radical (unpaired) electrons. The van der Waals surface area contributed by atoms with Crippen LogP contribution in [0.2, 0.25) is 0 Å². The lowest BCUT2D eigenvalue weighted by Crippen LogP contribution is -1.97. The minimum atomic E-state index is 0.609. The third kappa shape index (κ3) is 3.28. The monoisotopic (exact) mass is 254 g/mol. The molecule has 100 valence electrons. The molecule has 0 fully saturated rings. The Labute approximate surface area is 115 Å². The van der Waals surface area contributed by atoms with Crippen LogP contribution in [0.1, 0.15) is 37.3 Å². The van der Waals surface area contributed by atoms with E-state index in [1.54, 1.807) is 0 Å². The SMILES string of the molecule is CCC(C)c1ccc(Nc2cc(C)ccc2N)cc1. The first-order valence-electron chi connectivity index (χ1n) is 6.83. The van der Waals surface area contributed by atoms with Crippen LogP contribution in [0.4, 0.5) is 17.1 Å². The molecule has 2 rings (SSSR count). The van der Waals surface area contributed by atoms with E-state index < -0.39 is 0 Å². The molecule has 0 saturated carbocycles. The fourth-order valence-corrected chi connectivity index (χ4v) is 2.06. The molecule has 1 atom stereocenters. The summed E-state index contributed by atoms with van der Waals surface area (Å²) in [7, 11) is 0. The van der Waals surface area contributed by atoms with E-state index in [0.29, 0.717) is 5.92 Å². The van der Waals surface area contributed by atoms with Crippen LogP contribution >= 0.6 is 0 Å². The van der Waals surface area contributed by atoms with E-state index in [0.717, 1.165) is 23.5 Å². The predicted molar refractivity (Wildman–Crippen MR) is 84.0 cm³/mol. The number of aryl methyl sites for hydroxylation is 1. The summed E-state index contributed by atoms with van der Waals surface area (Å²) in [5.74, 6) is 0.609. The minimum absolute atomic E-state index is 0.609. The Hall–Kier alpha value is -1.96. The Bertz CT molecular complexity index is 544. The first-order valence-corrected chi connectivity index (χ1v) is 6.83. The lowest BCUT2D eigenvalue weighted by Gasteiger charge is -2.13. The number of benzene rings is 2. The first-order chi connectivity index (χ1) is 9.10. The molecule has 0 aromatic heterocycles. The topological polar surface area (TPSA) is 38.0 Å². The van der Waals surface area contributed by atoms with E-state index in [2.05, 4.69) is 56.4 Å². The Morgan fingerprint density at radius 2 is 1.79 bits per heavy atom. The molecule has 2 aromatic carbocycles. The molecule has 0 bridgehead atoms. The Balaban J connectivity index is 2.17. The van der Waals surface area contributed by atoms with E-state index in [-0.39, 0.29) is 0 Å². The summed E-state index contributed by atoms with van der Waals surface area (Å²) in [5.41, 5.74) is 11.4. The summed E-state index contributed by atoms with van der Waals surface area (Å²) in [4.78, 5) is 0. The number of hydrogen-bond acceptors (Lipinski definition) is 2. The highest BCUT2D eigenvalue weighted by atomic mass is 14.9. The minimum Gasteiger partial charge on any atom is -0.397 e. The van der Waals surface area contributed by atoms with Crippen molar-refractivity contribution < 1.29 is 0 Å². The second-order valence-corrected chi connectivity index (χ2v) is 5.15. The highest BCUT2D eigenvalue weighted by Crippen LogP contribution is 2.26. The maximum absolute atomic E-state index is 5.97. The van der Waals surface area contributed by atoms with E-state index in [9.17, 15) is 0 Å². The first kappa shape index (κ1) is 13.5. The second kappa shape index (κ2) is 5.79. The van der Waals surface area contributed by atoms with Gasteiger partial charge in [-0.15, -0.1) is 0 Å². The Morgan fingerprint density at radius 3 is 2.42 bits per heavy atom. The van der Waals surface area contributed by atoms with Gasteiger partial charge in [0, 0.05) is 5.69 Å². The van der Waals surface area contributed by atoms with Crippen LogP contribution in [0.5, 0.6) is 0 Å². The van der Waals surface area contributed by atoms with Gasteiger partial charge in [0.15, 0.2) is 0 Å². The van der Waals surface area contributed by atoms with Gasteiger partial charge in [-0.2, -0.15) is 0 Å². The zero-order valence-electron chi connectivity index (χ0n) is 11.9. The fraction of sp³-hybridized carbons (Fsp3) is 0.294. The molecular formula is C17H22N2. The molecule has 0 aliphatic carbocycles. The van der Waals surface area contributed by atoms with Crippen LogP contribution in [0.25, 0.3) is 0 Å². The quantitative estimate of drug-likeness (QED) is 0.766. The second-order valence-electron chi connectivity index (χ2n) is 5.15. The largest absolute Gasteiger partial charge is 0.397 e. The average Bonchev–Trinajstić information content (AvgIpc) is 2.43. The van der Waals surface area contributed by atoms with Crippen LogP contribution in [-0.2, 0) is 0 Å². The number of nitrogen functional groups attached to an aromatic ring is 1. The highest BCUT2D eigenvalue weighted by Gasteiger charge is 2.04. The van der Waals surface area contributed by atoms with Gasteiger partial charge in [-0.3, -0.25) is 0 Å². The van der Waals surface area contributed by atoms with E-state index >= 15 is 0 Å². The van der Waals surface area contributed by atoms with E-state index in [1.165, 1.54) is 11.1 Å². The van der Waals surface area contributed by atoms with Gasteiger partial charge in [0.2, 0.25) is 0 Å². The molecule has 0 aliphatic heterocycles. The molecule has 0 spiro atoms. The maximum Gasteiger partial charge on any atom is 0.0620 e. The van der Waals surface area contributed by atoms with Crippen LogP contribution < -0.4 is 11.1 Å². The van der Waals surface area contributed by atoms with Crippen LogP contribution in [0.3, 0.4) is 0 Å². The number of rotatable bonds is 4. The van der Waals surface area contributed by atoms with E-state index in [1.807, 2.05) is 12.1 Å². The predicted octanol–water partition coefficient (Wildman–Crippen LogP) is 4.83. The van der Waals surface area contributed by atoms with Gasteiger partial charge < -0.3 is 11.1 Å². The summed E-state index contributed by atoms with van der Waals surface area (Å²) in [6, 6.07) is 14.6. The van der Waals surface area contributed by atoms with Crippen molar-refractivity contribution in [3.63, 3.8) is 0 Å². The third-order valence-electron chi connectivity index (χ3n) is 3.58. The lowest BCUT2D eigenvalue weighted by molar-refractivity contribution is 0.734. The summed E-state index contributed by atoms with van der Waals surface area (Å²) >= 11 is 0.